The minimum atomic E-state index is 0.767. The maximum absolute atomic E-state index is 6.32. The summed E-state index contributed by atoms with van der Waals surface area (Å²) in [4.78, 5) is 0. The monoisotopic (exact) mass is 478 g/mol. The van der Waals surface area contributed by atoms with Crippen molar-refractivity contribution in [2.75, 3.05) is 0 Å². The van der Waals surface area contributed by atoms with Crippen molar-refractivity contribution in [3.63, 3.8) is 0 Å². The van der Waals surface area contributed by atoms with Gasteiger partial charge in [-0.25, -0.2) is 0 Å². The van der Waals surface area contributed by atoms with E-state index < -0.39 is 0 Å². The third-order valence-electron chi connectivity index (χ3n) is 7.70. The molecule has 0 saturated carbocycles. The van der Waals surface area contributed by atoms with Gasteiger partial charge in [-0.15, -0.1) is 0 Å². The second-order valence-electron chi connectivity index (χ2n) is 10.5. The number of hydrogen-bond acceptors (Lipinski definition) is 0. The molecule has 38 heavy (non-hydrogen) atoms. The quantitative estimate of drug-likeness (QED) is 0.135. The van der Waals surface area contributed by atoms with Crippen LogP contribution < -0.4 is 10.9 Å². The average molecular weight is 478 g/mol. The highest BCUT2D eigenvalue weighted by molar-refractivity contribution is 6.36. The van der Waals surface area contributed by atoms with E-state index >= 15 is 0 Å². The molecule has 0 unspecified atom stereocenters. The fraction of sp³-hybridized carbons (Fsp3) is 0.0556. The van der Waals surface area contributed by atoms with E-state index in [-0.39, 0.29) is 0 Å². The first-order chi connectivity index (χ1) is 18.4. The summed E-state index contributed by atoms with van der Waals surface area (Å²) >= 11 is 0. The lowest BCUT2D eigenvalue weighted by Gasteiger charge is -2.17. The molecule has 0 spiro atoms. The minimum absolute atomic E-state index is 0.767. The fourth-order valence-electron chi connectivity index (χ4n) is 6.06. The third-order valence-corrected chi connectivity index (χ3v) is 7.70. The number of rotatable bonds is 2. The Morgan fingerprint density at radius 3 is 1.37 bits per heavy atom. The molecule has 0 aliphatic carbocycles. The van der Waals surface area contributed by atoms with Gasteiger partial charge in [0.15, 0.2) is 0 Å². The van der Waals surface area contributed by atoms with E-state index in [4.69, 9.17) is 15.7 Å². The largest absolute Gasteiger partial charge is 0.113 e. The molecular weight excluding hydrogens is 454 g/mol. The van der Waals surface area contributed by atoms with Gasteiger partial charge in [0, 0.05) is 0 Å². The van der Waals surface area contributed by atoms with E-state index in [1.807, 2.05) is 12.1 Å². The first-order valence-electron chi connectivity index (χ1n) is 13.0. The zero-order valence-corrected chi connectivity index (χ0v) is 21.5. The minimum Gasteiger partial charge on any atom is -0.0960 e. The van der Waals surface area contributed by atoms with Crippen molar-refractivity contribution in [2.45, 2.75) is 13.8 Å². The predicted molar refractivity (Wildman–Crippen MR) is 168 cm³/mol. The van der Waals surface area contributed by atoms with Gasteiger partial charge < -0.3 is 0 Å². The fourth-order valence-corrected chi connectivity index (χ4v) is 6.06. The molecule has 0 heterocycles. The van der Waals surface area contributed by atoms with Gasteiger partial charge in [-0.05, 0) is 85.3 Å². The van der Waals surface area contributed by atoms with Gasteiger partial charge in [-0.3, -0.25) is 0 Å². The Morgan fingerprint density at radius 2 is 0.842 bits per heavy atom. The summed E-state index contributed by atoms with van der Waals surface area (Å²) < 4.78 is 0. The van der Waals surface area contributed by atoms with Crippen molar-refractivity contribution >= 4 is 69.7 Å². The van der Waals surface area contributed by atoms with Gasteiger partial charge in [0.2, 0.25) is 0 Å². The molecule has 7 aromatic carbocycles. The van der Waals surface area contributed by atoms with Gasteiger partial charge in [0.25, 0.3) is 0 Å². The van der Waals surface area contributed by atoms with Crippen LogP contribution in [-0.2, 0) is 0 Å². The van der Waals surface area contributed by atoms with Crippen LogP contribution in [-0.4, -0.2) is 15.7 Å². The lowest BCUT2D eigenvalue weighted by Crippen LogP contribution is -2.01. The Labute approximate surface area is 225 Å². The molecule has 0 nitrogen and oxygen atoms in total. The maximum Gasteiger partial charge on any atom is 0.113 e. The van der Waals surface area contributed by atoms with E-state index in [0.717, 1.165) is 10.9 Å². The number of fused-ring (bicyclic) bond motifs is 6. The Hall–Kier alpha value is -4.29. The highest BCUT2D eigenvalue weighted by Gasteiger charge is 2.16. The van der Waals surface area contributed by atoms with Crippen molar-refractivity contribution in [3.8, 4) is 22.3 Å². The van der Waals surface area contributed by atoms with Crippen LogP contribution in [0.2, 0.25) is 0 Å². The molecule has 0 saturated heterocycles. The van der Waals surface area contributed by atoms with E-state index in [9.17, 15) is 0 Å². The molecule has 4 radical (unpaired) electrons. The summed E-state index contributed by atoms with van der Waals surface area (Å²) in [6, 6.07) is 39.2. The topological polar surface area (TPSA) is 0 Å². The van der Waals surface area contributed by atoms with Crippen molar-refractivity contribution < 1.29 is 0 Å². The third kappa shape index (κ3) is 3.72. The second kappa shape index (κ2) is 8.64. The molecule has 0 atom stereocenters. The van der Waals surface area contributed by atoms with Crippen molar-refractivity contribution in [2.24, 2.45) is 0 Å². The molecule has 7 aromatic rings. The van der Waals surface area contributed by atoms with E-state index in [0.29, 0.717) is 0 Å². The lowest BCUT2D eigenvalue weighted by atomic mass is 9.84. The lowest BCUT2D eigenvalue weighted by molar-refractivity contribution is 1.38. The molecule has 2 heteroatoms. The SMILES string of the molecule is [B]c1ccc2ccc3cc4ccc5ccc([B])cc5c4c(-c4ccc(-c5cc(C)cc(C)c5)cc4)c3c2c1. The van der Waals surface area contributed by atoms with Gasteiger partial charge >= 0.3 is 0 Å². The summed E-state index contributed by atoms with van der Waals surface area (Å²) in [7, 11) is 12.6. The standard InChI is InChI=1S/C36H24B2/c1-21-15-22(2)17-29(16-21)23-3-7-26(8-4-23)36-34-27(9-5-24-11-13-30(37)19-32(24)34)18-28-10-6-25-12-14-31(38)20-33(25)35(28)36/h3-20H,1-2H3. The molecule has 0 amide bonds. The van der Waals surface area contributed by atoms with Gasteiger partial charge in [-0.1, -0.05) is 125 Å². The van der Waals surface area contributed by atoms with Crippen LogP contribution in [0.25, 0.3) is 65.3 Å². The zero-order valence-electron chi connectivity index (χ0n) is 21.5. The number of hydrogen-bond donors (Lipinski definition) is 0. The summed E-state index contributed by atoms with van der Waals surface area (Å²) in [5.74, 6) is 0. The molecule has 0 bridgehead atoms. The molecule has 0 aromatic heterocycles. The van der Waals surface area contributed by atoms with Crippen LogP contribution >= 0.6 is 0 Å². The summed E-state index contributed by atoms with van der Waals surface area (Å²) in [5, 5.41) is 9.53. The van der Waals surface area contributed by atoms with Gasteiger partial charge in [-0.2, -0.15) is 0 Å². The first kappa shape index (κ1) is 22.9. The zero-order chi connectivity index (χ0) is 26.0. The second-order valence-corrected chi connectivity index (χ2v) is 10.5. The van der Waals surface area contributed by atoms with Crippen LogP contribution in [0.3, 0.4) is 0 Å². The Morgan fingerprint density at radius 1 is 0.395 bits per heavy atom. The first-order valence-corrected chi connectivity index (χ1v) is 13.0. The number of aryl methyl sites for hydroxylation is 2. The Kier molecular flexibility index (Phi) is 5.20. The van der Waals surface area contributed by atoms with Gasteiger partial charge in [0.1, 0.15) is 15.7 Å². The van der Waals surface area contributed by atoms with E-state index in [1.165, 1.54) is 76.5 Å². The molecular formula is C36H24B2. The molecule has 0 aliphatic heterocycles. The highest BCUT2D eigenvalue weighted by atomic mass is 14.2. The maximum atomic E-state index is 6.32. The van der Waals surface area contributed by atoms with Crippen LogP contribution in [0.4, 0.5) is 0 Å². The van der Waals surface area contributed by atoms with Crippen LogP contribution in [0.1, 0.15) is 11.1 Å². The highest BCUT2D eigenvalue weighted by Crippen LogP contribution is 2.43. The smallest absolute Gasteiger partial charge is 0.0960 e. The van der Waals surface area contributed by atoms with Crippen LogP contribution in [0, 0.1) is 13.8 Å². The summed E-state index contributed by atoms with van der Waals surface area (Å²) in [6.45, 7) is 4.31. The predicted octanol–water partition coefficient (Wildman–Crippen LogP) is 7.84. The summed E-state index contributed by atoms with van der Waals surface area (Å²) in [5.41, 5.74) is 8.94. The Balaban J connectivity index is 1.61. The molecule has 7 rings (SSSR count). The van der Waals surface area contributed by atoms with Gasteiger partial charge in [0.05, 0.1) is 0 Å². The van der Waals surface area contributed by atoms with Crippen molar-refractivity contribution in [3.05, 3.63) is 120 Å². The Bertz CT molecular complexity index is 1930. The average Bonchev–Trinajstić information content (AvgIpc) is 2.91. The number of benzene rings is 7. The molecule has 0 N–H and O–H groups in total. The van der Waals surface area contributed by atoms with Crippen LogP contribution in [0.5, 0.6) is 0 Å². The van der Waals surface area contributed by atoms with E-state index in [2.05, 4.69) is 111 Å². The molecule has 0 fully saturated rings. The van der Waals surface area contributed by atoms with Crippen molar-refractivity contribution in [1.82, 2.24) is 0 Å². The van der Waals surface area contributed by atoms with Crippen molar-refractivity contribution in [1.29, 1.82) is 0 Å². The van der Waals surface area contributed by atoms with Crippen LogP contribution in [0.15, 0.2) is 109 Å². The molecule has 174 valence electrons. The van der Waals surface area contributed by atoms with E-state index in [1.54, 1.807) is 0 Å². The normalized spacial score (nSPS) is 11.6. The summed E-state index contributed by atoms with van der Waals surface area (Å²) in [6.07, 6.45) is 0. The molecule has 0 aliphatic rings.